The second kappa shape index (κ2) is 16.0. The summed E-state index contributed by atoms with van der Waals surface area (Å²) >= 11 is 0. The summed E-state index contributed by atoms with van der Waals surface area (Å²) in [6, 6.07) is 22.5. The molecule has 9 nitrogen and oxygen atoms in total. The van der Waals surface area contributed by atoms with E-state index in [0.717, 1.165) is 23.3 Å². The van der Waals surface area contributed by atoms with Crippen molar-refractivity contribution in [3.63, 3.8) is 0 Å². The minimum Gasteiger partial charge on any atom is -0.480 e. The Hall–Kier alpha value is -5.63. The molecular formula is C41H39F5N4O5. The maximum absolute atomic E-state index is 14.6. The Bertz CT molecular complexity index is 2230. The fourth-order valence-corrected chi connectivity index (χ4v) is 6.97. The van der Waals surface area contributed by atoms with Gasteiger partial charge in [-0.15, -0.1) is 13.2 Å². The van der Waals surface area contributed by atoms with E-state index in [1.165, 1.54) is 30.3 Å². The number of carbonyl (C=O) groups is 2. The number of nitrogens with zero attached hydrogens (tertiary/aromatic N) is 4. The lowest BCUT2D eigenvalue weighted by Gasteiger charge is -2.43. The molecular weight excluding hydrogens is 723 g/mol. The summed E-state index contributed by atoms with van der Waals surface area (Å²) in [6.07, 6.45) is -3.64. The molecule has 0 unspecified atom stereocenters. The zero-order valence-corrected chi connectivity index (χ0v) is 30.2. The molecule has 6 rings (SSSR count). The molecule has 14 heteroatoms. The van der Waals surface area contributed by atoms with Gasteiger partial charge in [0.1, 0.15) is 35.3 Å². The lowest BCUT2D eigenvalue weighted by Crippen LogP contribution is -2.56. The van der Waals surface area contributed by atoms with E-state index in [2.05, 4.69) is 9.72 Å². The zero-order chi connectivity index (χ0) is 39.5. The van der Waals surface area contributed by atoms with E-state index >= 15 is 0 Å². The van der Waals surface area contributed by atoms with Crippen LogP contribution in [0, 0.1) is 11.6 Å². The SMILES string of the molecule is CC(C)(C(=O)O)N1CCC(N(Cc2ccc(-c3ccc(OC(F)(F)F)cc3)cc2)C(=O)Cn2c(CCc3ccc(F)cc3F)nc(=O)c3ccccc32)CC1. The van der Waals surface area contributed by atoms with E-state index in [1.807, 2.05) is 17.0 Å². The molecule has 0 aliphatic carbocycles. The summed E-state index contributed by atoms with van der Waals surface area (Å²) in [5.74, 6) is -2.76. The van der Waals surface area contributed by atoms with Crippen LogP contribution in [0.5, 0.6) is 5.75 Å². The Labute approximate surface area is 313 Å². The Morgan fingerprint density at radius 2 is 1.53 bits per heavy atom. The molecule has 1 aromatic heterocycles. The maximum Gasteiger partial charge on any atom is 0.573 e. The first kappa shape index (κ1) is 39.1. The van der Waals surface area contributed by atoms with Crippen LogP contribution in [0.4, 0.5) is 22.0 Å². The molecule has 1 aliphatic rings. The van der Waals surface area contributed by atoms with Gasteiger partial charge in [-0.1, -0.05) is 54.6 Å². The number of aliphatic carboxylic acids is 1. The second-order valence-electron chi connectivity index (χ2n) is 14.0. The number of halogens is 5. The smallest absolute Gasteiger partial charge is 0.480 e. The number of carbonyl (C=O) groups excluding carboxylic acids is 1. The number of hydrogen-bond acceptors (Lipinski definition) is 6. The minimum absolute atomic E-state index is 0.0866. The monoisotopic (exact) mass is 762 g/mol. The predicted molar refractivity (Wildman–Crippen MR) is 195 cm³/mol. The third-order valence-electron chi connectivity index (χ3n) is 10.2. The highest BCUT2D eigenvalue weighted by Crippen LogP contribution is 2.29. The maximum atomic E-state index is 14.6. The van der Waals surface area contributed by atoms with Crippen molar-refractivity contribution in [1.82, 2.24) is 19.4 Å². The molecule has 0 saturated carbocycles. The third-order valence-corrected chi connectivity index (χ3v) is 10.2. The van der Waals surface area contributed by atoms with Crippen LogP contribution in [0.2, 0.25) is 0 Å². The van der Waals surface area contributed by atoms with Crippen molar-refractivity contribution in [3.05, 3.63) is 130 Å². The zero-order valence-electron chi connectivity index (χ0n) is 30.2. The number of hydrogen-bond donors (Lipinski definition) is 1. The summed E-state index contributed by atoms with van der Waals surface area (Å²) in [6.45, 7) is 4.12. The van der Waals surface area contributed by atoms with Crippen molar-refractivity contribution in [2.45, 2.75) is 70.6 Å². The Kier molecular flexibility index (Phi) is 11.4. The number of rotatable bonds is 12. The molecule has 5 aromatic rings. The number of fused-ring (bicyclic) bond motifs is 1. The number of piperidine rings is 1. The van der Waals surface area contributed by atoms with Crippen molar-refractivity contribution in [2.24, 2.45) is 0 Å². The second-order valence-corrected chi connectivity index (χ2v) is 14.0. The highest BCUT2D eigenvalue weighted by atomic mass is 19.4. The number of alkyl halides is 3. The normalized spacial score (nSPS) is 14.2. The third kappa shape index (κ3) is 9.19. The number of carboxylic acids is 1. The Balaban J connectivity index is 1.29. The molecule has 1 aliphatic heterocycles. The van der Waals surface area contributed by atoms with Gasteiger partial charge in [0.15, 0.2) is 0 Å². The molecule has 1 N–H and O–H groups in total. The van der Waals surface area contributed by atoms with Crippen LogP contribution in [-0.2, 0) is 35.5 Å². The first-order chi connectivity index (χ1) is 26.1. The average Bonchev–Trinajstić information content (AvgIpc) is 3.15. The summed E-state index contributed by atoms with van der Waals surface area (Å²) in [4.78, 5) is 47.6. The van der Waals surface area contributed by atoms with Gasteiger partial charge in [-0.3, -0.25) is 19.3 Å². The summed E-state index contributed by atoms with van der Waals surface area (Å²) in [5.41, 5.74) is 1.27. The van der Waals surface area contributed by atoms with Crippen LogP contribution in [0.25, 0.3) is 22.0 Å². The number of carboxylic acid groups (broad SMARTS) is 1. The number of benzene rings is 4. The highest BCUT2D eigenvalue weighted by Gasteiger charge is 2.38. The van der Waals surface area contributed by atoms with Crippen molar-refractivity contribution < 1.29 is 41.4 Å². The number of likely N-dealkylation sites (tertiary alicyclic amines) is 1. The molecule has 0 bridgehead atoms. The van der Waals surface area contributed by atoms with Crippen LogP contribution >= 0.6 is 0 Å². The molecule has 1 fully saturated rings. The van der Waals surface area contributed by atoms with Crippen LogP contribution < -0.4 is 10.3 Å². The van der Waals surface area contributed by atoms with Crippen LogP contribution in [0.3, 0.4) is 0 Å². The molecule has 0 atom stereocenters. The van der Waals surface area contributed by atoms with Gasteiger partial charge in [0, 0.05) is 38.2 Å². The average molecular weight is 763 g/mol. The molecule has 288 valence electrons. The van der Waals surface area contributed by atoms with Gasteiger partial charge in [0.2, 0.25) is 5.91 Å². The number of aromatic nitrogens is 2. The van der Waals surface area contributed by atoms with Gasteiger partial charge in [-0.05, 0) is 85.7 Å². The summed E-state index contributed by atoms with van der Waals surface area (Å²) in [5, 5.41) is 10.1. The van der Waals surface area contributed by atoms with E-state index in [1.54, 1.807) is 59.7 Å². The number of aryl methyl sites for hydroxylation is 2. The molecule has 1 amide bonds. The largest absolute Gasteiger partial charge is 0.573 e. The molecule has 2 heterocycles. The lowest BCUT2D eigenvalue weighted by molar-refractivity contribution is -0.274. The van der Waals surface area contributed by atoms with Crippen LogP contribution in [-0.4, -0.2) is 67.4 Å². The lowest BCUT2D eigenvalue weighted by atomic mass is 9.95. The van der Waals surface area contributed by atoms with Crippen molar-refractivity contribution >= 4 is 22.8 Å². The molecule has 4 aromatic carbocycles. The number of amides is 1. The van der Waals surface area contributed by atoms with Gasteiger partial charge in [0.05, 0.1) is 10.9 Å². The summed E-state index contributed by atoms with van der Waals surface area (Å²) in [7, 11) is 0. The number of para-hydroxylation sites is 1. The molecule has 1 saturated heterocycles. The highest BCUT2D eigenvalue weighted by molar-refractivity contribution is 5.82. The minimum atomic E-state index is -4.80. The number of ether oxygens (including phenoxy) is 1. The van der Waals surface area contributed by atoms with Gasteiger partial charge in [0.25, 0.3) is 5.56 Å². The van der Waals surface area contributed by atoms with Crippen molar-refractivity contribution in [2.75, 3.05) is 13.1 Å². The first-order valence-corrected chi connectivity index (χ1v) is 17.7. The standard InChI is InChI=1S/C41H39F5N4O5/c1-40(2,39(53)54)48-21-19-31(20-22-48)49(24-26-7-9-27(10-8-26)28-12-16-32(17-13-28)55-41(44,45)46)37(51)25-50-35-6-4-3-5-33(35)38(52)47-36(50)18-14-29-11-15-30(42)23-34(29)43/h3-13,15-17,23,31H,14,18-22,24-25H2,1-2H3,(H,53,54). The van der Waals surface area contributed by atoms with E-state index in [4.69, 9.17) is 0 Å². The van der Waals surface area contributed by atoms with E-state index in [9.17, 15) is 41.4 Å². The van der Waals surface area contributed by atoms with Gasteiger partial charge in [-0.2, -0.15) is 4.98 Å². The fourth-order valence-electron chi connectivity index (χ4n) is 6.97. The van der Waals surface area contributed by atoms with Crippen LogP contribution in [0.15, 0.2) is 95.8 Å². The molecule has 55 heavy (non-hydrogen) atoms. The van der Waals surface area contributed by atoms with Crippen molar-refractivity contribution in [3.8, 4) is 16.9 Å². The topological polar surface area (TPSA) is 105 Å². The Morgan fingerprint density at radius 1 is 0.891 bits per heavy atom. The van der Waals surface area contributed by atoms with Gasteiger partial charge < -0.3 is 19.3 Å². The van der Waals surface area contributed by atoms with E-state index in [0.29, 0.717) is 42.4 Å². The van der Waals surface area contributed by atoms with E-state index < -0.39 is 35.1 Å². The molecule has 0 radical (unpaired) electrons. The fraction of sp³-hybridized carbons (Fsp3) is 0.317. The van der Waals surface area contributed by atoms with Gasteiger partial charge >= 0.3 is 12.3 Å². The first-order valence-electron chi connectivity index (χ1n) is 17.7. The summed E-state index contributed by atoms with van der Waals surface area (Å²) < 4.78 is 71.7. The van der Waals surface area contributed by atoms with E-state index in [-0.39, 0.29) is 55.0 Å². The Morgan fingerprint density at radius 3 is 2.15 bits per heavy atom. The van der Waals surface area contributed by atoms with Gasteiger partial charge in [-0.25, -0.2) is 8.78 Å². The quantitative estimate of drug-likeness (QED) is 0.132. The predicted octanol–water partition coefficient (Wildman–Crippen LogP) is 7.38. The molecule has 0 spiro atoms. The van der Waals surface area contributed by atoms with Crippen molar-refractivity contribution in [1.29, 1.82) is 0 Å². The van der Waals surface area contributed by atoms with Crippen LogP contribution in [0.1, 0.15) is 43.6 Å².